The van der Waals surface area contributed by atoms with E-state index < -0.39 is 17.0 Å². The van der Waals surface area contributed by atoms with Gasteiger partial charge in [0.2, 0.25) is 0 Å². The molecule has 0 N–H and O–H groups in total. The number of carbonyl (C=O) groups excluding carboxylic acids is 2. The van der Waals surface area contributed by atoms with Gasteiger partial charge in [-0.1, -0.05) is 30.9 Å². The van der Waals surface area contributed by atoms with Crippen LogP contribution in [-0.2, 0) is 9.53 Å². The molecule has 1 atom stereocenters. The van der Waals surface area contributed by atoms with Crippen LogP contribution in [0.1, 0.15) is 56.3 Å². The van der Waals surface area contributed by atoms with Gasteiger partial charge in [-0.2, -0.15) is 0 Å². The van der Waals surface area contributed by atoms with E-state index >= 15 is 0 Å². The topological polar surface area (TPSA) is 89.8 Å². The Morgan fingerprint density at radius 2 is 2.00 bits per heavy atom. The third kappa shape index (κ3) is 4.72. The Morgan fingerprint density at radius 3 is 2.58 bits per heavy atom. The smallest absolute Gasteiger partial charge is 0.340 e. The van der Waals surface area contributed by atoms with Crippen molar-refractivity contribution in [2.75, 3.05) is 6.54 Å². The number of ether oxygens (including phenoxy) is 1. The highest BCUT2D eigenvalue weighted by molar-refractivity contribution is 6.33. The van der Waals surface area contributed by atoms with Gasteiger partial charge in [0.25, 0.3) is 11.6 Å². The molecule has 142 valence electrons. The largest absolute Gasteiger partial charge is 0.449 e. The van der Waals surface area contributed by atoms with Crippen LogP contribution in [0.4, 0.5) is 5.69 Å². The van der Waals surface area contributed by atoms with Crippen LogP contribution >= 0.6 is 11.6 Å². The van der Waals surface area contributed by atoms with Gasteiger partial charge in [-0.15, -0.1) is 0 Å². The van der Waals surface area contributed by atoms with E-state index in [4.69, 9.17) is 16.3 Å². The lowest BCUT2D eigenvalue weighted by Gasteiger charge is -2.35. The van der Waals surface area contributed by atoms with Crippen molar-refractivity contribution in [3.63, 3.8) is 0 Å². The molecule has 1 saturated carbocycles. The summed E-state index contributed by atoms with van der Waals surface area (Å²) in [5, 5.41) is 10.9. The molecule has 1 aromatic carbocycles. The van der Waals surface area contributed by atoms with Crippen LogP contribution in [0.15, 0.2) is 18.2 Å². The van der Waals surface area contributed by atoms with E-state index in [1.807, 2.05) is 6.92 Å². The van der Waals surface area contributed by atoms with E-state index in [0.29, 0.717) is 6.54 Å². The molecule has 0 spiro atoms. The van der Waals surface area contributed by atoms with Crippen molar-refractivity contribution in [2.24, 2.45) is 0 Å². The minimum absolute atomic E-state index is 0.0416. The number of esters is 1. The minimum atomic E-state index is -0.986. The minimum Gasteiger partial charge on any atom is -0.449 e. The number of nitrogens with zero attached hydrogens (tertiary/aromatic N) is 2. The lowest BCUT2D eigenvalue weighted by molar-refractivity contribution is -0.384. The van der Waals surface area contributed by atoms with Crippen LogP contribution in [0.2, 0.25) is 5.02 Å². The molecular weight excluding hydrogens is 360 g/mol. The predicted molar refractivity (Wildman–Crippen MR) is 97.2 cm³/mol. The van der Waals surface area contributed by atoms with E-state index in [-0.39, 0.29) is 28.2 Å². The molecule has 0 aromatic heterocycles. The van der Waals surface area contributed by atoms with Gasteiger partial charge >= 0.3 is 5.97 Å². The summed E-state index contributed by atoms with van der Waals surface area (Å²) in [4.78, 5) is 37.1. The van der Waals surface area contributed by atoms with Crippen LogP contribution in [-0.4, -0.2) is 40.4 Å². The highest BCUT2D eigenvalue weighted by Crippen LogP contribution is 2.25. The predicted octanol–water partition coefficient (Wildman–Crippen LogP) is 3.97. The van der Waals surface area contributed by atoms with Crippen molar-refractivity contribution < 1.29 is 19.2 Å². The highest BCUT2D eigenvalue weighted by Gasteiger charge is 2.30. The second kappa shape index (κ2) is 8.98. The number of hydrogen-bond donors (Lipinski definition) is 0. The van der Waals surface area contributed by atoms with Gasteiger partial charge in [-0.25, -0.2) is 4.79 Å². The number of rotatable bonds is 6. The number of benzene rings is 1. The fourth-order valence-electron chi connectivity index (χ4n) is 3.28. The number of amides is 1. The first-order valence-electron chi connectivity index (χ1n) is 8.80. The third-order valence-electron chi connectivity index (χ3n) is 4.65. The summed E-state index contributed by atoms with van der Waals surface area (Å²) < 4.78 is 5.25. The Bertz CT molecular complexity index is 688. The normalized spacial score (nSPS) is 16.0. The summed E-state index contributed by atoms with van der Waals surface area (Å²) >= 11 is 5.95. The van der Waals surface area contributed by atoms with Crippen molar-refractivity contribution in [3.8, 4) is 0 Å². The lowest BCUT2D eigenvalue weighted by Crippen LogP contribution is -2.46. The number of nitro groups is 1. The highest BCUT2D eigenvalue weighted by atomic mass is 35.5. The number of hydrogen-bond acceptors (Lipinski definition) is 5. The van der Waals surface area contributed by atoms with Gasteiger partial charge in [0.15, 0.2) is 6.10 Å². The van der Waals surface area contributed by atoms with Gasteiger partial charge in [0.1, 0.15) is 0 Å². The molecule has 7 nitrogen and oxygen atoms in total. The summed E-state index contributed by atoms with van der Waals surface area (Å²) in [6.07, 6.45) is 4.28. The number of nitro benzene ring substituents is 1. The van der Waals surface area contributed by atoms with Crippen LogP contribution in [0.3, 0.4) is 0 Å². The zero-order valence-electron chi connectivity index (χ0n) is 14.9. The average Bonchev–Trinajstić information content (AvgIpc) is 2.63. The maximum Gasteiger partial charge on any atom is 0.340 e. The number of non-ortho nitro benzene ring substituents is 1. The summed E-state index contributed by atoms with van der Waals surface area (Å²) in [5.41, 5.74) is -0.390. The lowest BCUT2D eigenvalue weighted by atomic mass is 9.94. The second-order valence-electron chi connectivity index (χ2n) is 6.38. The molecule has 1 fully saturated rings. The molecule has 0 bridgehead atoms. The molecule has 1 aromatic rings. The van der Waals surface area contributed by atoms with Gasteiger partial charge < -0.3 is 9.64 Å². The summed E-state index contributed by atoms with van der Waals surface area (Å²) in [6, 6.07) is 3.70. The van der Waals surface area contributed by atoms with Crippen molar-refractivity contribution in [1.29, 1.82) is 0 Å². The van der Waals surface area contributed by atoms with E-state index in [1.54, 1.807) is 4.90 Å². The Kier molecular flexibility index (Phi) is 6.97. The van der Waals surface area contributed by atoms with Gasteiger partial charge in [-0.05, 0) is 32.8 Å². The van der Waals surface area contributed by atoms with E-state index in [9.17, 15) is 19.7 Å². The quantitative estimate of drug-likeness (QED) is 0.421. The summed E-state index contributed by atoms with van der Waals surface area (Å²) in [5.74, 6) is -1.10. The first-order chi connectivity index (χ1) is 12.3. The second-order valence-corrected chi connectivity index (χ2v) is 6.79. The van der Waals surface area contributed by atoms with E-state index in [1.165, 1.54) is 25.5 Å². The molecule has 8 heteroatoms. The third-order valence-corrected chi connectivity index (χ3v) is 4.98. The van der Waals surface area contributed by atoms with Crippen molar-refractivity contribution in [1.82, 2.24) is 4.90 Å². The first-order valence-corrected chi connectivity index (χ1v) is 9.18. The molecule has 26 heavy (non-hydrogen) atoms. The Hall–Kier alpha value is -2.15. The molecule has 0 unspecified atom stereocenters. The number of likely N-dealkylation sites (N-methyl/N-ethyl adjacent to an activating group) is 1. The van der Waals surface area contributed by atoms with Gasteiger partial charge in [0.05, 0.1) is 15.5 Å². The van der Waals surface area contributed by atoms with Crippen molar-refractivity contribution >= 4 is 29.2 Å². The Labute approximate surface area is 157 Å². The zero-order chi connectivity index (χ0) is 19.3. The van der Waals surface area contributed by atoms with Crippen LogP contribution < -0.4 is 0 Å². The molecule has 0 radical (unpaired) electrons. The SMILES string of the molecule is CCN(C(=O)[C@@H](C)OC(=O)c1cc([N+](=O)[O-])ccc1Cl)C1CCCCC1. The van der Waals surface area contributed by atoms with Crippen molar-refractivity contribution in [3.05, 3.63) is 38.9 Å². The Balaban J connectivity index is 2.09. The molecule has 1 amide bonds. The van der Waals surface area contributed by atoms with Crippen LogP contribution in [0, 0.1) is 10.1 Å². The van der Waals surface area contributed by atoms with Gasteiger partial charge in [-0.3, -0.25) is 14.9 Å². The maximum absolute atomic E-state index is 12.7. The molecular formula is C18H23ClN2O5. The summed E-state index contributed by atoms with van der Waals surface area (Å²) in [7, 11) is 0. The molecule has 0 aliphatic heterocycles. The average molecular weight is 383 g/mol. The standard InChI is InChI=1S/C18H23ClN2O5/c1-3-20(13-7-5-4-6-8-13)17(22)12(2)26-18(23)15-11-14(21(24)25)9-10-16(15)19/h9-13H,3-8H2,1-2H3/t12-/m1/s1. The summed E-state index contributed by atoms with van der Waals surface area (Å²) in [6.45, 7) is 3.96. The molecule has 0 saturated heterocycles. The monoisotopic (exact) mass is 382 g/mol. The van der Waals surface area contributed by atoms with Gasteiger partial charge in [0, 0.05) is 24.7 Å². The molecule has 2 rings (SSSR count). The Morgan fingerprint density at radius 1 is 1.35 bits per heavy atom. The fourth-order valence-corrected chi connectivity index (χ4v) is 3.47. The van der Waals surface area contributed by atoms with Crippen molar-refractivity contribution in [2.45, 2.75) is 58.1 Å². The van der Waals surface area contributed by atoms with E-state index in [2.05, 4.69) is 0 Å². The number of carbonyl (C=O) groups is 2. The first kappa shape index (κ1) is 20.2. The molecule has 0 heterocycles. The molecule has 1 aliphatic rings. The molecule has 1 aliphatic carbocycles. The number of halogens is 1. The zero-order valence-corrected chi connectivity index (χ0v) is 15.7. The van der Waals surface area contributed by atoms with E-state index in [0.717, 1.165) is 31.7 Å². The maximum atomic E-state index is 12.7. The van der Waals surface area contributed by atoms with Crippen LogP contribution in [0.5, 0.6) is 0 Å². The van der Waals surface area contributed by atoms with Crippen LogP contribution in [0.25, 0.3) is 0 Å². The fraction of sp³-hybridized carbons (Fsp3) is 0.556.